The molecule has 4 N–H and O–H groups in total. The summed E-state index contributed by atoms with van der Waals surface area (Å²) in [6.07, 6.45) is -1.02. The maximum atomic E-state index is 12.1. The van der Waals surface area contributed by atoms with E-state index in [2.05, 4.69) is 9.97 Å². The maximum Gasteiger partial charge on any atom is 0.329 e. The number of benzene rings is 1. The summed E-state index contributed by atoms with van der Waals surface area (Å²) < 4.78 is 7.96. The van der Waals surface area contributed by atoms with Crippen molar-refractivity contribution in [1.82, 2.24) is 19.1 Å². The lowest BCUT2D eigenvalue weighted by Crippen LogP contribution is -2.30. The highest BCUT2D eigenvalue weighted by Gasteiger charge is 2.18. The molecule has 0 saturated heterocycles. The molecule has 0 unspecified atom stereocenters. The third-order valence-corrected chi connectivity index (χ3v) is 4.29. The van der Waals surface area contributed by atoms with Crippen molar-refractivity contribution in [3.63, 3.8) is 0 Å². The van der Waals surface area contributed by atoms with Gasteiger partial charge in [0.2, 0.25) is 5.95 Å². The average molecular weight is 400 g/mol. The minimum atomic E-state index is -1.02. The molecule has 1 atom stereocenters. The van der Waals surface area contributed by atoms with E-state index in [9.17, 15) is 14.7 Å². The number of aromatic amines is 1. The predicted molar refractivity (Wildman–Crippen MR) is 98.0 cm³/mol. The molecule has 0 spiro atoms. The second kappa shape index (κ2) is 7.02. The average Bonchev–Trinajstić information content (AvgIpc) is 2.89. The zero-order valence-corrected chi connectivity index (χ0v) is 15.1. The summed E-state index contributed by atoms with van der Waals surface area (Å²) in [6, 6.07) is 4.71. The van der Waals surface area contributed by atoms with Gasteiger partial charge < -0.3 is 20.1 Å². The first kappa shape index (κ1) is 18.3. The van der Waals surface area contributed by atoms with Crippen LogP contribution >= 0.6 is 23.2 Å². The molecule has 9 nitrogen and oxygen atoms in total. The highest BCUT2D eigenvalue weighted by Crippen LogP contribution is 2.27. The number of hydrogen-bond acceptors (Lipinski definition) is 6. The minimum Gasteiger partial charge on any atom is -0.489 e. The number of halogens is 2. The molecule has 26 heavy (non-hydrogen) atoms. The number of aromatic nitrogens is 4. The maximum absolute atomic E-state index is 12.1. The van der Waals surface area contributed by atoms with Gasteiger partial charge in [-0.05, 0) is 18.2 Å². The lowest BCUT2D eigenvalue weighted by Gasteiger charge is -2.15. The van der Waals surface area contributed by atoms with E-state index in [0.29, 0.717) is 15.8 Å². The number of H-pyrrole nitrogens is 1. The highest BCUT2D eigenvalue weighted by molar-refractivity contribution is 6.35. The van der Waals surface area contributed by atoms with Crippen LogP contribution in [-0.2, 0) is 13.6 Å². The van der Waals surface area contributed by atoms with Crippen molar-refractivity contribution in [2.75, 3.05) is 12.3 Å². The lowest BCUT2D eigenvalue weighted by atomic mass is 10.3. The van der Waals surface area contributed by atoms with Crippen molar-refractivity contribution in [2.45, 2.75) is 12.6 Å². The molecular formula is C15H15Cl2N5O4. The Morgan fingerprint density at radius 1 is 1.38 bits per heavy atom. The van der Waals surface area contributed by atoms with E-state index in [1.807, 2.05) is 0 Å². The number of aryl methyl sites for hydroxylation is 1. The number of nitrogen functional groups attached to an aromatic ring is 1. The van der Waals surface area contributed by atoms with E-state index in [-0.39, 0.29) is 30.3 Å². The normalized spacial score (nSPS) is 12.5. The Morgan fingerprint density at radius 2 is 2.12 bits per heavy atom. The van der Waals surface area contributed by atoms with Gasteiger partial charge in [-0.15, -0.1) is 0 Å². The fourth-order valence-corrected chi connectivity index (χ4v) is 2.94. The van der Waals surface area contributed by atoms with Crippen molar-refractivity contribution < 1.29 is 9.84 Å². The molecule has 0 radical (unpaired) electrons. The number of imidazole rings is 1. The van der Waals surface area contributed by atoms with Crippen LogP contribution in [0.3, 0.4) is 0 Å². The summed E-state index contributed by atoms with van der Waals surface area (Å²) in [5.41, 5.74) is 4.81. The summed E-state index contributed by atoms with van der Waals surface area (Å²) in [5.74, 6) is 0.356. The number of nitrogens with zero attached hydrogens (tertiary/aromatic N) is 3. The molecule has 3 aromatic rings. The Hall–Kier alpha value is -2.49. The van der Waals surface area contributed by atoms with Crippen LogP contribution in [0.1, 0.15) is 0 Å². The van der Waals surface area contributed by atoms with Crippen molar-refractivity contribution in [2.24, 2.45) is 7.05 Å². The molecule has 11 heteroatoms. The van der Waals surface area contributed by atoms with E-state index in [4.69, 9.17) is 33.7 Å². The van der Waals surface area contributed by atoms with Gasteiger partial charge in [0, 0.05) is 12.1 Å². The van der Waals surface area contributed by atoms with Crippen molar-refractivity contribution in [1.29, 1.82) is 0 Å². The topological polar surface area (TPSA) is 128 Å². The summed E-state index contributed by atoms with van der Waals surface area (Å²) in [7, 11) is 1.46. The molecule has 0 aliphatic rings. The molecule has 0 aliphatic carbocycles. The standard InChI is InChI=1S/C15H15Cl2N5O4/c1-21-12-11(13(24)20-15(21)25)22(14(18)19-12)5-8(23)6-26-10-3-2-7(16)4-9(10)17/h2-4,8,23H,5-6H2,1H3,(H2,18,19)(H,20,24,25)/t8-/m1/s1. The number of aliphatic hydroxyl groups is 1. The Balaban J connectivity index is 1.82. The quantitative estimate of drug-likeness (QED) is 0.580. The van der Waals surface area contributed by atoms with E-state index in [1.165, 1.54) is 22.2 Å². The van der Waals surface area contributed by atoms with Crippen LogP contribution in [0.15, 0.2) is 27.8 Å². The summed E-state index contributed by atoms with van der Waals surface area (Å²) in [6.45, 7) is -0.168. The van der Waals surface area contributed by atoms with Crippen LogP contribution < -0.4 is 21.7 Å². The van der Waals surface area contributed by atoms with Gasteiger partial charge in [0.15, 0.2) is 11.2 Å². The van der Waals surface area contributed by atoms with Crippen molar-refractivity contribution in [3.05, 3.63) is 49.1 Å². The molecule has 0 amide bonds. The Morgan fingerprint density at radius 3 is 2.81 bits per heavy atom. The zero-order valence-electron chi connectivity index (χ0n) is 13.6. The second-order valence-electron chi connectivity index (χ2n) is 5.61. The third kappa shape index (κ3) is 3.41. The molecule has 3 rings (SSSR count). The SMILES string of the molecule is Cn1c(=O)[nH]c(=O)c2c1nc(N)n2C[C@@H](O)COc1ccc(Cl)cc1Cl. The molecule has 1 aromatic carbocycles. The molecule has 2 heterocycles. The van der Waals surface area contributed by atoms with Crippen LogP contribution in [-0.4, -0.2) is 36.9 Å². The summed E-state index contributed by atoms with van der Waals surface area (Å²) in [5, 5.41) is 11.0. The Bertz CT molecular complexity index is 1090. The number of anilines is 1. The van der Waals surface area contributed by atoms with Gasteiger partial charge in [-0.2, -0.15) is 4.98 Å². The summed E-state index contributed by atoms with van der Waals surface area (Å²) in [4.78, 5) is 29.9. The molecular weight excluding hydrogens is 385 g/mol. The number of nitrogens with one attached hydrogen (secondary N) is 1. The van der Waals surface area contributed by atoms with Crippen LogP contribution in [0.4, 0.5) is 5.95 Å². The first-order valence-electron chi connectivity index (χ1n) is 7.49. The van der Waals surface area contributed by atoms with Gasteiger partial charge in [0.25, 0.3) is 5.56 Å². The van der Waals surface area contributed by atoms with Gasteiger partial charge in [0.05, 0.1) is 11.6 Å². The third-order valence-electron chi connectivity index (χ3n) is 3.76. The van der Waals surface area contributed by atoms with Gasteiger partial charge in [-0.3, -0.25) is 14.3 Å². The molecule has 138 valence electrons. The van der Waals surface area contributed by atoms with E-state index >= 15 is 0 Å². The largest absolute Gasteiger partial charge is 0.489 e. The number of nitrogens with two attached hydrogens (primary N) is 1. The van der Waals surface area contributed by atoms with Gasteiger partial charge in [0.1, 0.15) is 18.5 Å². The predicted octanol–water partition coefficient (Wildman–Crippen LogP) is 0.752. The van der Waals surface area contributed by atoms with Gasteiger partial charge in [-0.1, -0.05) is 23.2 Å². The molecule has 0 fully saturated rings. The van der Waals surface area contributed by atoms with E-state index in [0.717, 1.165) is 0 Å². The number of rotatable bonds is 5. The van der Waals surface area contributed by atoms with Crippen molar-refractivity contribution >= 4 is 40.3 Å². The zero-order chi connectivity index (χ0) is 19.0. The van der Waals surface area contributed by atoms with Crippen LogP contribution in [0.5, 0.6) is 5.75 Å². The first-order valence-corrected chi connectivity index (χ1v) is 8.24. The number of fused-ring (bicyclic) bond motifs is 1. The van der Waals surface area contributed by atoms with Gasteiger partial charge in [-0.25, -0.2) is 4.79 Å². The molecule has 2 aromatic heterocycles. The van der Waals surface area contributed by atoms with Crippen LogP contribution in [0.2, 0.25) is 10.0 Å². The molecule has 0 aliphatic heterocycles. The Labute approximate surface area is 156 Å². The first-order chi connectivity index (χ1) is 12.3. The number of ether oxygens (including phenoxy) is 1. The number of hydrogen-bond donors (Lipinski definition) is 3. The fraction of sp³-hybridized carbons (Fsp3) is 0.267. The van der Waals surface area contributed by atoms with Gasteiger partial charge >= 0.3 is 5.69 Å². The minimum absolute atomic E-state index is 0.00437. The second-order valence-corrected chi connectivity index (χ2v) is 6.45. The highest BCUT2D eigenvalue weighted by atomic mass is 35.5. The summed E-state index contributed by atoms with van der Waals surface area (Å²) >= 11 is 11.8. The fourth-order valence-electron chi connectivity index (χ4n) is 2.48. The smallest absolute Gasteiger partial charge is 0.329 e. The monoisotopic (exact) mass is 399 g/mol. The van der Waals surface area contributed by atoms with Crippen LogP contribution in [0, 0.1) is 0 Å². The number of aliphatic hydroxyl groups excluding tert-OH is 1. The molecule has 0 bridgehead atoms. The van der Waals surface area contributed by atoms with Crippen molar-refractivity contribution in [3.8, 4) is 5.75 Å². The van der Waals surface area contributed by atoms with E-state index in [1.54, 1.807) is 12.1 Å². The Kier molecular flexibility index (Phi) is 4.94. The van der Waals surface area contributed by atoms with E-state index < -0.39 is 17.4 Å². The van der Waals surface area contributed by atoms with Crippen LogP contribution in [0.25, 0.3) is 11.2 Å². The lowest BCUT2D eigenvalue weighted by molar-refractivity contribution is 0.0939. The molecule has 0 saturated carbocycles.